The van der Waals surface area contributed by atoms with Crippen LogP contribution < -0.4 is 9.47 Å². The molecule has 1 unspecified atom stereocenters. The van der Waals surface area contributed by atoms with Gasteiger partial charge in [0, 0.05) is 6.42 Å². The maximum Gasteiger partial charge on any atom is 0.303 e. The van der Waals surface area contributed by atoms with Gasteiger partial charge in [0.15, 0.2) is 0 Å². The number of carboxylic acid groups (broad SMARTS) is 1. The Bertz CT molecular complexity index is 636. The van der Waals surface area contributed by atoms with Crippen LogP contribution in [-0.4, -0.2) is 29.9 Å². The smallest absolute Gasteiger partial charge is 0.303 e. The van der Waals surface area contributed by atoms with Crippen LogP contribution in [0.2, 0.25) is 0 Å². The standard InChI is InChI=1S/C18H20O5/c1-22-16-4-2-3-14(11-16)17(19)12-23-15-8-5-13(6-9-15)7-10-18(20)21/h2-6,8-9,11,17,19H,7,10,12H2,1H3,(H,20,21). The summed E-state index contributed by atoms with van der Waals surface area (Å²) >= 11 is 0. The molecule has 0 saturated heterocycles. The number of aliphatic hydroxyl groups is 1. The van der Waals surface area contributed by atoms with Crippen molar-refractivity contribution in [2.75, 3.05) is 13.7 Å². The number of benzene rings is 2. The molecule has 0 spiro atoms. The number of aliphatic carboxylic acids is 1. The largest absolute Gasteiger partial charge is 0.497 e. The van der Waals surface area contributed by atoms with Crippen LogP contribution in [-0.2, 0) is 11.2 Å². The molecule has 1 atom stereocenters. The van der Waals surface area contributed by atoms with Gasteiger partial charge >= 0.3 is 5.97 Å². The SMILES string of the molecule is COc1cccc(C(O)COc2ccc(CCC(=O)O)cc2)c1. The molecule has 2 aromatic carbocycles. The number of hydrogen-bond donors (Lipinski definition) is 2. The van der Waals surface area contributed by atoms with Crippen LogP contribution in [0.4, 0.5) is 0 Å². The highest BCUT2D eigenvalue weighted by molar-refractivity contribution is 5.67. The molecule has 0 aromatic heterocycles. The number of carbonyl (C=O) groups is 1. The Labute approximate surface area is 135 Å². The Hall–Kier alpha value is -2.53. The first kappa shape index (κ1) is 16.8. The molecular formula is C18H20O5. The number of hydrogen-bond acceptors (Lipinski definition) is 4. The van der Waals surface area contributed by atoms with E-state index in [0.29, 0.717) is 17.9 Å². The Balaban J connectivity index is 1.88. The van der Waals surface area contributed by atoms with Crippen molar-refractivity contribution in [3.63, 3.8) is 0 Å². The second-order valence-electron chi connectivity index (χ2n) is 5.14. The minimum Gasteiger partial charge on any atom is -0.497 e. The summed E-state index contributed by atoms with van der Waals surface area (Å²) in [7, 11) is 1.58. The summed E-state index contributed by atoms with van der Waals surface area (Å²) in [6.07, 6.45) is -0.159. The number of methoxy groups -OCH3 is 1. The summed E-state index contributed by atoms with van der Waals surface area (Å²) in [5.41, 5.74) is 1.66. The minimum atomic E-state index is -0.813. The van der Waals surface area contributed by atoms with Crippen molar-refractivity contribution < 1.29 is 24.5 Å². The van der Waals surface area contributed by atoms with Gasteiger partial charge in [-0.25, -0.2) is 0 Å². The molecule has 0 heterocycles. The topological polar surface area (TPSA) is 76.0 Å². The molecule has 5 heteroatoms. The van der Waals surface area contributed by atoms with Gasteiger partial charge in [-0.15, -0.1) is 0 Å². The van der Waals surface area contributed by atoms with Crippen LogP contribution in [0.25, 0.3) is 0 Å². The second kappa shape index (κ2) is 8.19. The molecule has 0 saturated carbocycles. The summed E-state index contributed by atoms with van der Waals surface area (Å²) in [6.45, 7) is 0.127. The quantitative estimate of drug-likeness (QED) is 0.783. The van der Waals surface area contributed by atoms with E-state index in [9.17, 15) is 9.90 Å². The Morgan fingerprint density at radius 1 is 1.13 bits per heavy atom. The van der Waals surface area contributed by atoms with Crippen LogP contribution in [0.1, 0.15) is 23.7 Å². The van der Waals surface area contributed by atoms with Gasteiger partial charge in [0.1, 0.15) is 24.2 Å². The van der Waals surface area contributed by atoms with Crippen molar-refractivity contribution in [2.24, 2.45) is 0 Å². The molecule has 2 N–H and O–H groups in total. The van der Waals surface area contributed by atoms with Crippen LogP contribution in [0.3, 0.4) is 0 Å². The average molecular weight is 316 g/mol. The fourth-order valence-electron chi connectivity index (χ4n) is 2.12. The first-order valence-corrected chi connectivity index (χ1v) is 7.34. The summed E-state index contributed by atoms with van der Waals surface area (Å²) in [5.74, 6) is 0.502. The zero-order valence-corrected chi connectivity index (χ0v) is 12.9. The molecule has 5 nitrogen and oxygen atoms in total. The van der Waals surface area contributed by atoms with E-state index in [4.69, 9.17) is 14.6 Å². The zero-order valence-electron chi connectivity index (χ0n) is 12.9. The number of aryl methyl sites for hydroxylation is 1. The van der Waals surface area contributed by atoms with Gasteiger partial charge in [-0.1, -0.05) is 24.3 Å². The third-order valence-corrected chi connectivity index (χ3v) is 3.44. The van der Waals surface area contributed by atoms with Crippen molar-refractivity contribution in [2.45, 2.75) is 18.9 Å². The molecule has 2 aromatic rings. The van der Waals surface area contributed by atoms with Crippen molar-refractivity contribution in [1.82, 2.24) is 0 Å². The van der Waals surface area contributed by atoms with Crippen LogP contribution in [0.15, 0.2) is 48.5 Å². The van der Waals surface area contributed by atoms with E-state index >= 15 is 0 Å². The summed E-state index contributed by atoms with van der Waals surface area (Å²) < 4.78 is 10.7. The third-order valence-electron chi connectivity index (χ3n) is 3.44. The van der Waals surface area contributed by atoms with Crippen molar-refractivity contribution in [3.05, 3.63) is 59.7 Å². The van der Waals surface area contributed by atoms with Gasteiger partial charge in [-0.3, -0.25) is 4.79 Å². The van der Waals surface area contributed by atoms with E-state index in [-0.39, 0.29) is 13.0 Å². The van der Waals surface area contributed by atoms with Gasteiger partial charge in [-0.2, -0.15) is 0 Å². The summed E-state index contributed by atoms with van der Waals surface area (Å²) in [4.78, 5) is 10.5. The van der Waals surface area contributed by atoms with E-state index in [1.165, 1.54) is 0 Å². The lowest BCUT2D eigenvalue weighted by molar-refractivity contribution is -0.136. The number of rotatable bonds is 8. The molecule has 0 aliphatic heterocycles. The van der Waals surface area contributed by atoms with E-state index in [2.05, 4.69) is 0 Å². The molecule has 0 radical (unpaired) electrons. The molecular weight excluding hydrogens is 296 g/mol. The number of ether oxygens (including phenoxy) is 2. The van der Waals surface area contributed by atoms with E-state index < -0.39 is 12.1 Å². The van der Waals surface area contributed by atoms with E-state index in [1.807, 2.05) is 30.3 Å². The van der Waals surface area contributed by atoms with Gasteiger partial charge in [0.05, 0.1) is 7.11 Å². The fourth-order valence-corrected chi connectivity index (χ4v) is 2.12. The highest BCUT2D eigenvalue weighted by Crippen LogP contribution is 2.21. The Morgan fingerprint density at radius 2 is 1.87 bits per heavy atom. The number of carboxylic acids is 1. The lowest BCUT2D eigenvalue weighted by Gasteiger charge is -2.14. The molecule has 23 heavy (non-hydrogen) atoms. The predicted octanol–water partition coefficient (Wildman–Crippen LogP) is 2.82. The first-order valence-electron chi connectivity index (χ1n) is 7.34. The average Bonchev–Trinajstić information content (AvgIpc) is 2.58. The second-order valence-corrected chi connectivity index (χ2v) is 5.14. The molecule has 2 rings (SSSR count). The van der Waals surface area contributed by atoms with Crippen LogP contribution in [0.5, 0.6) is 11.5 Å². The molecule has 0 aliphatic carbocycles. The molecule has 0 bridgehead atoms. The zero-order chi connectivity index (χ0) is 16.7. The van der Waals surface area contributed by atoms with Crippen molar-refractivity contribution in [1.29, 1.82) is 0 Å². The van der Waals surface area contributed by atoms with E-state index in [0.717, 1.165) is 11.1 Å². The normalized spacial score (nSPS) is 11.7. The summed E-state index contributed by atoms with van der Waals surface area (Å²) in [6, 6.07) is 14.4. The van der Waals surface area contributed by atoms with Crippen molar-refractivity contribution >= 4 is 5.97 Å². The Morgan fingerprint density at radius 3 is 2.52 bits per heavy atom. The maximum atomic E-state index is 10.5. The minimum absolute atomic E-state index is 0.106. The highest BCUT2D eigenvalue weighted by Gasteiger charge is 2.09. The summed E-state index contributed by atoms with van der Waals surface area (Å²) in [5, 5.41) is 18.8. The van der Waals surface area contributed by atoms with Gasteiger partial charge in [0.25, 0.3) is 0 Å². The Kier molecular flexibility index (Phi) is 6.00. The number of aliphatic hydroxyl groups excluding tert-OH is 1. The molecule has 122 valence electrons. The van der Waals surface area contributed by atoms with Crippen LogP contribution in [0, 0.1) is 0 Å². The maximum absolute atomic E-state index is 10.5. The van der Waals surface area contributed by atoms with Gasteiger partial charge in [0.2, 0.25) is 0 Å². The first-order chi connectivity index (χ1) is 11.1. The molecule has 0 amide bonds. The van der Waals surface area contributed by atoms with E-state index in [1.54, 1.807) is 25.3 Å². The monoisotopic (exact) mass is 316 g/mol. The van der Waals surface area contributed by atoms with Crippen molar-refractivity contribution in [3.8, 4) is 11.5 Å². The van der Waals surface area contributed by atoms with Gasteiger partial charge < -0.3 is 19.7 Å². The lowest BCUT2D eigenvalue weighted by Crippen LogP contribution is -2.09. The molecule has 0 aliphatic rings. The highest BCUT2D eigenvalue weighted by atomic mass is 16.5. The molecule has 0 fully saturated rings. The van der Waals surface area contributed by atoms with Crippen LogP contribution >= 0.6 is 0 Å². The van der Waals surface area contributed by atoms with Gasteiger partial charge in [-0.05, 0) is 41.8 Å². The predicted molar refractivity (Wildman–Crippen MR) is 85.8 cm³/mol. The third kappa shape index (κ3) is 5.30. The lowest BCUT2D eigenvalue weighted by atomic mass is 10.1. The fraction of sp³-hybridized carbons (Fsp3) is 0.278.